The van der Waals surface area contributed by atoms with Gasteiger partial charge in [-0.05, 0) is 36.8 Å². The Bertz CT molecular complexity index is 1580. The lowest BCUT2D eigenvalue weighted by molar-refractivity contribution is -0.143. The first-order valence-electron chi connectivity index (χ1n) is 17.7. The zero-order valence-electron chi connectivity index (χ0n) is 30.6. The zero-order valence-corrected chi connectivity index (χ0v) is 30.6. The topological polar surface area (TPSA) is 199 Å². The summed E-state index contributed by atoms with van der Waals surface area (Å²) < 4.78 is 0. The summed E-state index contributed by atoms with van der Waals surface area (Å²) >= 11 is 0. The van der Waals surface area contributed by atoms with Crippen molar-refractivity contribution >= 4 is 35.8 Å². The van der Waals surface area contributed by atoms with Crippen molar-refractivity contribution in [3.63, 3.8) is 0 Å². The molecule has 0 aliphatic carbocycles. The first-order chi connectivity index (χ1) is 25.4. The number of carboxylic acids is 1. The number of hydrazine groups is 2. The highest BCUT2D eigenvalue weighted by Gasteiger charge is 2.49. The average Bonchev–Trinajstić information content (AvgIpc) is 3.55. The van der Waals surface area contributed by atoms with E-state index in [-0.39, 0.29) is 41.9 Å². The molecular formula is C36H50N8O9. The second-order valence-corrected chi connectivity index (χ2v) is 13.0. The first kappa shape index (κ1) is 40.5. The molecule has 4 aliphatic heterocycles. The summed E-state index contributed by atoms with van der Waals surface area (Å²) in [6.07, 6.45) is 3.15. The lowest BCUT2D eigenvalue weighted by Crippen LogP contribution is -2.54. The van der Waals surface area contributed by atoms with Gasteiger partial charge >= 0.3 is 18.0 Å². The Morgan fingerprint density at radius 3 is 1.57 bits per heavy atom. The molecule has 0 spiro atoms. The molecule has 4 saturated heterocycles. The second kappa shape index (κ2) is 19.0. The van der Waals surface area contributed by atoms with E-state index in [1.807, 2.05) is 60.7 Å². The van der Waals surface area contributed by atoms with Gasteiger partial charge in [0, 0.05) is 40.0 Å². The van der Waals surface area contributed by atoms with Gasteiger partial charge in [-0.15, -0.1) is 0 Å². The lowest BCUT2D eigenvalue weighted by atomic mass is 10.0. The van der Waals surface area contributed by atoms with E-state index >= 15 is 0 Å². The molecule has 4 bridgehead atoms. The minimum atomic E-state index is -0.943. The standard InChI is InChI=1S/C18H24N4O4.C14H16N2O4.C4H10N2O/c1-3-16(23)20(2)19-17(24)15-10-9-14-11-21(15)18(25)22(14)26-12-13-7-5-4-6-8-13;17-13(18)12-7-6-11-8-15(12)14(19)16(11)20-9-10-4-2-1-3-5-10;1-3-4(7)6(2)5/h4-8,14-15H,3,9-12H2,1-2H3,(H,19,24);1-5,11-12H,6-9H2,(H,17,18);3,5H2,1-2H3/t14-,15+;11-,12+;/m11./s1. The maximum atomic E-state index is 12.7. The number of rotatable bonds is 10. The number of benzene rings is 2. The van der Waals surface area contributed by atoms with Crippen LogP contribution in [0.25, 0.3) is 0 Å². The maximum Gasteiger partial charge on any atom is 0.345 e. The van der Waals surface area contributed by atoms with E-state index < -0.39 is 18.1 Å². The van der Waals surface area contributed by atoms with Crippen molar-refractivity contribution in [1.29, 1.82) is 0 Å². The number of hydroxylamine groups is 4. The predicted molar refractivity (Wildman–Crippen MR) is 190 cm³/mol. The van der Waals surface area contributed by atoms with E-state index in [4.69, 9.17) is 20.6 Å². The summed E-state index contributed by atoms with van der Waals surface area (Å²) in [6.45, 7) is 5.01. The van der Waals surface area contributed by atoms with Crippen LogP contribution in [0.3, 0.4) is 0 Å². The molecule has 4 heterocycles. The van der Waals surface area contributed by atoms with E-state index in [1.54, 1.807) is 13.8 Å². The van der Waals surface area contributed by atoms with Crippen LogP contribution in [0.2, 0.25) is 0 Å². The van der Waals surface area contributed by atoms with Gasteiger partial charge in [0.25, 0.3) is 5.91 Å². The smallest absolute Gasteiger partial charge is 0.345 e. The molecule has 0 aromatic heterocycles. The highest BCUT2D eigenvalue weighted by molar-refractivity contribution is 5.90. The lowest BCUT2D eigenvalue weighted by Gasteiger charge is -2.30. The van der Waals surface area contributed by atoms with Crippen molar-refractivity contribution in [1.82, 2.24) is 35.4 Å². The third-order valence-corrected chi connectivity index (χ3v) is 9.31. The second-order valence-electron chi connectivity index (χ2n) is 13.0. The van der Waals surface area contributed by atoms with Gasteiger partial charge in [0.2, 0.25) is 11.8 Å². The average molecular weight is 739 g/mol. The van der Waals surface area contributed by atoms with Gasteiger partial charge in [-0.25, -0.2) is 20.2 Å². The van der Waals surface area contributed by atoms with Crippen LogP contribution >= 0.6 is 0 Å². The summed E-state index contributed by atoms with van der Waals surface area (Å²) in [5.41, 5.74) is 4.52. The molecule has 6 rings (SSSR count). The number of amides is 7. The molecule has 7 amide bonds. The number of carbonyl (C=O) groups is 6. The molecule has 53 heavy (non-hydrogen) atoms. The Hall–Kier alpha value is -5.26. The van der Waals surface area contributed by atoms with Crippen molar-refractivity contribution in [3.8, 4) is 0 Å². The van der Waals surface area contributed by atoms with Gasteiger partial charge in [0.05, 0.1) is 12.1 Å². The monoisotopic (exact) mass is 738 g/mol. The van der Waals surface area contributed by atoms with Crippen molar-refractivity contribution in [2.75, 3.05) is 27.2 Å². The molecule has 17 heteroatoms. The number of fused-ring (bicyclic) bond motifs is 4. The Balaban J connectivity index is 0.000000205. The molecule has 0 saturated carbocycles. The van der Waals surface area contributed by atoms with E-state index in [1.165, 1.54) is 39.0 Å². The molecule has 2 aromatic rings. The van der Waals surface area contributed by atoms with Crippen LogP contribution in [0.1, 0.15) is 63.5 Å². The third kappa shape index (κ3) is 10.4. The van der Waals surface area contributed by atoms with Crippen LogP contribution in [-0.2, 0) is 42.1 Å². The van der Waals surface area contributed by atoms with Gasteiger partial charge in [0.15, 0.2) is 0 Å². The zero-order chi connectivity index (χ0) is 38.7. The molecular weight excluding hydrogens is 688 g/mol. The van der Waals surface area contributed by atoms with Crippen LogP contribution in [0.15, 0.2) is 60.7 Å². The summed E-state index contributed by atoms with van der Waals surface area (Å²) in [4.78, 5) is 84.6. The number of nitrogens with zero attached hydrogens (tertiary/aromatic N) is 6. The van der Waals surface area contributed by atoms with Gasteiger partial charge in [-0.3, -0.25) is 39.5 Å². The number of nitrogens with two attached hydrogens (primary N) is 1. The van der Waals surface area contributed by atoms with E-state index in [9.17, 15) is 28.8 Å². The van der Waals surface area contributed by atoms with Gasteiger partial charge in [-0.1, -0.05) is 74.5 Å². The Morgan fingerprint density at radius 2 is 1.17 bits per heavy atom. The predicted octanol–water partition coefficient (Wildman–Crippen LogP) is 2.49. The van der Waals surface area contributed by atoms with Gasteiger partial charge in [-0.2, -0.15) is 10.1 Å². The number of carboxylic acid groups (broad SMARTS) is 1. The quantitative estimate of drug-likeness (QED) is 0.185. The number of carbonyl (C=O) groups excluding carboxylic acids is 5. The van der Waals surface area contributed by atoms with Crippen molar-refractivity contribution in [3.05, 3.63) is 71.8 Å². The van der Waals surface area contributed by atoms with Crippen LogP contribution in [0, 0.1) is 0 Å². The molecule has 4 atom stereocenters. The fourth-order valence-corrected chi connectivity index (χ4v) is 6.35. The molecule has 4 fully saturated rings. The van der Waals surface area contributed by atoms with Gasteiger partial charge < -0.3 is 14.9 Å². The summed E-state index contributed by atoms with van der Waals surface area (Å²) in [5, 5.41) is 14.1. The summed E-state index contributed by atoms with van der Waals surface area (Å²) in [7, 11) is 3.04. The van der Waals surface area contributed by atoms with Crippen molar-refractivity contribution in [2.45, 2.75) is 89.8 Å². The number of piperidine rings is 2. The normalized spacial score (nSPS) is 21.2. The minimum Gasteiger partial charge on any atom is -0.480 e. The molecule has 288 valence electrons. The number of aliphatic carboxylic acids is 1. The van der Waals surface area contributed by atoms with Crippen LogP contribution < -0.4 is 11.3 Å². The van der Waals surface area contributed by atoms with Crippen LogP contribution in [0.4, 0.5) is 9.59 Å². The fourth-order valence-electron chi connectivity index (χ4n) is 6.35. The van der Waals surface area contributed by atoms with Crippen LogP contribution in [0.5, 0.6) is 0 Å². The van der Waals surface area contributed by atoms with Crippen molar-refractivity contribution in [2.24, 2.45) is 5.84 Å². The van der Waals surface area contributed by atoms with E-state index in [2.05, 4.69) is 5.43 Å². The number of urea groups is 2. The first-order valence-corrected chi connectivity index (χ1v) is 17.7. The Morgan fingerprint density at radius 1 is 0.736 bits per heavy atom. The molecule has 0 radical (unpaired) electrons. The number of hydrogen-bond donors (Lipinski definition) is 3. The molecule has 17 nitrogen and oxygen atoms in total. The highest BCUT2D eigenvalue weighted by Crippen LogP contribution is 2.32. The SMILES string of the molecule is CCC(=O)N(C)N.CCC(=O)N(C)NC(=O)[C@@H]1CC[C@@H]2CN1C(=O)N2OCc1ccccc1.O=C(O)[C@@H]1CC[C@@H]2CN1C(=O)N2OCc1ccccc1. The fraction of sp³-hybridized carbons (Fsp3) is 0.500. The van der Waals surface area contributed by atoms with E-state index in [0.29, 0.717) is 64.8 Å². The maximum absolute atomic E-state index is 12.7. The van der Waals surface area contributed by atoms with Gasteiger partial charge in [0.1, 0.15) is 25.3 Å². The van der Waals surface area contributed by atoms with E-state index in [0.717, 1.165) is 16.1 Å². The molecule has 4 N–H and O–H groups in total. The minimum absolute atomic E-state index is 0.0400. The molecule has 4 aliphatic rings. The van der Waals surface area contributed by atoms with Crippen molar-refractivity contribution < 1.29 is 43.5 Å². The highest BCUT2D eigenvalue weighted by atomic mass is 16.7. The molecule has 2 aromatic carbocycles. The number of nitrogens with one attached hydrogen (secondary N) is 1. The third-order valence-electron chi connectivity index (χ3n) is 9.31. The summed E-state index contributed by atoms with van der Waals surface area (Å²) in [5.74, 6) is 3.52. The number of hydrogen-bond acceptors (Lipinski definition) is 9. The van der Waals surface area contributed by atoms with Crippen LogP contribution in [-0.4, -0.2) is 122 Å². The Labute approximate surface area is 309 Å². The summed E-state index contributed by atoms with van der Waals surface area (Å²) in [6, 6.07) is 17.2. The molecule has 0 unspecified atom stereocenters. The Kier molecular flexibility index (Phi) is 14.5. The largest absolute Gasteiger partial charge is 0.480 e.